The van der Waals surface area contributed by atoms with E-state index in [1.54, 1.807) is 30.7 Å². The number of oxime groups is 2. The van der Waals surface area contributed by atoms with Crippen LogP contribution >= 0.6 is 36.2 Å². The Morgan fingerprint density at radius 1 is 0.793 bits per heavy atom. The quantitative estimate of drug-likeness (QED) is 0.331. The number of nitrogens with two attached hydrogens (primary N) is 2. The lowest BCUT2D eigenvalue weighted by atomic mass is 10.2. The van der Waals surface area contributed by atoms with Crippen LogP contribution in [0, 0.1) is 0 Å². The number of halogens is 2. The maximum Gasteiger partial charge on any atom is 0.188 e. The van der Waals surface area contributed by atoms with Gasteiger partial charge >= 0.3 is 0 Å². The van der Waals surface area contributed by atoms with E-state index in [1.807, 2.05) is 12.1 Å². The summed E-state index contributed by atoms with van der Waals surface area (Å²) in [5.74, 6) is 0.433. The molecule has 12 heteroatoms. The van der Waals surface area contributed by atoms with E-state index in [2.05, 4.69) is 34.9 Å². The Hall–Kier alpha value is -2.95. The maximum atomic E-state index is 5.75. The smallest absolute Gasteiger partial charge is 0.188 e. The molecular weight excluding hydrogens is 437 g/mol. The van der Waals surface area contributed by atoms with Crippen molar-refractivity contribution >= 4 is 47.8 Å². The Labute approximate surface area is 183 Å². The second-order valence-corrected chi connectivity index (χ2v) is 6.24. The molecule has 3 aromatic heterocycles. The van der Waals surface area contributed by atoms with Crippen LogP contribution in [0.3, 0.4) is 0 Å². The molecule has 29 heavy (non-hydrogen) atoms. The summed E-state index contributed by atoms with van der Waals surface area (Å²) in [5, 5.41) is 8.15. The Morgan fingerprint density at radius 2 is 1.31 bits per heavy atom. The third kappa shape index (κ3) is 5.76. The second-order valence-electron chi connectivity index (χ2n) is 5.21. The maximum absolute atomic E-state index is 5.75. The van der Waals surface area contributed by atoms with E-state index >= 15 is 0 Å². The van der Waals surface area contributed by atoms with Gasteiger partial charge in [0.1, 0.15) is 30.6 Å². The fraction of sp³-hybridized carbons (Fsp3) is 0.118. The lowest BCUT2D eigenvalue weighted by Crippen LogP contribution is -2.15. The van der Waals surface area contributed by atoms with Gasteiger partial charge in [-0.15, -0.1) is 36.2 Å². The third-order valence-corrected chi connectivity index (χ3v) is 4.56. The lowest BCUT2D eigenvalue weighted by Gasteiger charge is -2.01. The van der Waals surface area contributed by atoms with Gasteiger partial charge in [-0.05, 0) is 24.3 Å². The highest BCUT2D eigenvalue weighted by atomic mass is 35.5. The zero-order valence-corrected chi connectivity index (χ0v) is 17.9. The van der Waals surface area contributed by atoms with Crippen molar-refractivity contribution in [3.05, 3.63) is 54.2 Å². The van der Waals surface area contributed by atoms with Gasteiger partial charge in [0.2, 0.25) is 0 Å². The van der Waals surface area contributed by atoms with Gasteiger partial charge in [-0.25, -0.2) is 4.98 Å². The standard InChI is InChI=1S/C17H17N7O2S.2ClH/c1-25-23-15(18)12-5-3-10(7-20-12)14-9-22-17(27-14)11-4-6-13(21-8-11)16(19)24-26-2;;/h3-9H,1-2H3,(H2,18,23)(H2,19,24);2*1H. The van der Waals surface area contributed by atoms with E-state index in [0.717, 1.165) is 21.0 Å². The molecule has 0 unspecified atom stereocenters. The molecule has 4 N–H and O–H groups in total. The van der Waals surface area contributed by atoms with Gasteiger partial charge in [0, 0.05) is 29.7 Å². The van der Waals surface area contributed by atoms with Gasteiger partial charge < -0.3 is 21.1 Å². The van der Waals surface area contributed by atoms with Gasteiger partial charge in [0.15, 0.2) is 11.7 Å². The largest absolute Gasteiger partial charge is 0.397 e. The summed E-state index contributed by atoms with van der Waals surface area (Å²) in [6.45, 7) is 0. The summed E-state index contributed by atoms with van der Waals surface area (Å²) in [6, 6.07) is 7.33. The number of aromatic nitrogens is 3. The molecule has 0 saturated carbocycles. The van der Waals surface area contributed by atoms with E-state index in [9.17, 15) is 0 Å². The molecule has 0 aromatic carbocycles. The van der Waals surface area contributed by atoms with Crippen LogP contribution in [0.5, 0.6) is 0 Å². The Balaban J connectivity index is 0.00000210. The van der Waals surface area contributed by atoms with Gasteiger partial charge in [-0.1, -0.05) is 10.3 Å². The van der Waals surface area contributed by atoms with Crippen molar-refractivity contribution < 1.29 is 9.68 Å². The molecule has 0 atom stereocenters. The van der Waals surface area contributed by atoms with Gasteiger partial charge in [-0.3, -0.25) is 9.97 Å². The van der Waals surface area contributed by atoms with E-state index in [-0.39, 0.29) is 36.5 Å². The Kier molecular flexibility index (Phi) is 9.26. The topological polar surface area (TPSA) is 134 Å². The summed E-state index contributed by atoms with van der Waals surface area (Å²) in [6.07, 6.45) is 5.20. The van der Waals surface area contributed by atoms with Crippen LogP contribution in [0.1, 0.15) is 11.4 Å². The number of pyridine rings is 2. The molecule has 9 nitrogen and oxygen atoms in total. The van der Waals surface area contributed by atoms with Crippen molar-refractivity contribution in [2.75, 3.05) is 14.2 Å². The highest BCUT2D eigenvalue weighted by Gasteiger charge is 2.10. The minimum absolute atomic E-state index is 0. The van der Waals surface area contributed by atoms with Crippen LogP contribution in [0.25, 0.3) is 21.0 Å². The molecule has 0 saturated heterocycles. The number of hydrogen-bond donors (Lipinski definition) is 2. The predicted molar refractivity (Wildman–Crippen MR) is 119 cm³/mol. The van der Waals surface area contributed by atoms with Crippen molar-refractivity contribution in [1.29, 1.82) is 0 Å². The van der Waals surface area contributed by atoms with E-state index in [1.165, 1.54) is 25.6 Å². The van der Waals surface area contributed by atoms with Crippen LogP contribution < -0.4 is 11.5 Å². The van der Waals surface area contributed by atoms with Crippen LogP contribution in [-0.2, 0) is 9.68 Å². The molecule has 0 fully saturated rings. The minimum atomic E-state index is 0. The van der Waals surface area contributed by atoms with Gasteiger partial charge in [0.05, 0.1) is 4.88 Å². The molecule has 0 amide bonds. The van der Waals surface area contributed by atoms with E-state index in [4.69, 9.17) is 11.5 Å². The molecule has 0 aliphatic heterocycles. The molecule has 3 aromatic rings. The Morgan fingerprint density at radius 3 is 1.76 bits per heavy atom. The number of hydrogen-bond acceptors (Lipinski definition) is 8. The van der Waals surface area contributed by atoms with Crippen molar-refractivity contribution in [1.82, 2.24) is 15.0 Å². The molecule has 0 radical (unpaired) electrons. The minimum Gasteiger partial charge on any atom is -0.397 e. The lowest BCUT2D eigenvalue weighted by molar-refractivity contribution is 0.213. The number of rotatable bonds is 6. The molecule has 154 valence electrons. The first-order valence-corrected chi connectivity index (χ1v) is 8.56. The fourth-order valence-electron chi connectivity index (χ4n) is 2.19. The van der Waals surface area contributed by atoms with Gasteiger partial charge in [-0.2, -0.15) is 0 Å². The van der Waals surface area contributed by atoms with Crippen LogP contribution in [-0.4, -0.2) is 40.8 Å². The van der Waals surface area contributed by atoms with Crippen molar-refractivity contribution in [3.8, 4) is 21.0 Å². The SMILES string of the molecule is CO/N=C(\N)c1ccc(-c2cnc(-c3ccc(/C(N)=N\OC)nc3)s2)cn1.Cl.Cl. The van der Waals surface area contributed by atoms with Crippen LogP contribution in [0.2, 0.25) is 0 Å². The van der Waals surface area contributed by atoms with Crippen LogP contribution in [0.15, 0.2) is 53.2 Å². The van der Waals surface area contributed by atoms with E-state index in [0.29, 0.717) is 11.4 Å². The van der Waals surface area contributed by atoms with Crippen molar-refractivity contribution in [2.45, 2.75) is 0 Å². The summed E-state index contributed by atoms with van der Waals surface area (Å²) >= 11 is 1.52. The van der Waals surface area contributed by atoms with Crippen LogP contribution in [0.4, 0.5) is 0 Å². The molecule has 3 rings (SSSR count). The first-order chi connectivity index (χ1) is 13.1. The summed E-state index contributed by atoms with van der Waals surface area (Å²) < 4.78 is 0. The molecule has 0 bridgehead atoms. The number of thiazole rings is 1. The highest BCUT2D eigenvalue weighted by Crippen LogP contribution is 2.31. The monoisotopic (exact) mass is 455 g/mol. The fourth-order valence-corrected chi connectivity index (χ4v) is 3.09. The van der Waals surface area contributed by atoms with Crippen molar-refractivity contribution in [3.63, 3.8) is 0 Å². The average molecular weight is 456 g/mol. The first kappa shape index (κ1) is 24.1. The average Bonchev–Trinajstić information content (AvgIpc) is 3.19. The zero-order chi connectivity index (χ0) is 19.2. The molecule has 0 aliphatic carbocycles. The normalized spacial score (nSPS) is 11.2. The highest BCUT2D eigenvalue weighted by molar-refractivity contribution is 7.18. The Bertz CT molecular complexity index is 898. The third-order valence-electron chi connectivity index (χ3n) is 3.47. The molecule has 0 spiro atoms. The van der Waals surface area contributed by atoms with Crippen molar-refractivity contribution in [2.24, 2.45) is 21.8 Å². The molecule has 0 aliphatic rings. The zero-order valence-electron chi connectivity index (χ0n) is 15.5. The second kappa shape index (κ2) is 11.1. The summed E-state index contributed by atoms with van der Waals surface area (Å²) in [5.41, 5.74) is 14.4. The summed E-state index contributed by atoms with van der Waals surface area (Å²) in [4.78, 5) is 23.3. The molecular formula is C17H19Cl2N7O2S. The van der Waals surface area contributed by atoms with Gasteiger partial charge in [0.25, 0.3) is 0 Å². The first-order valence-electron chi connectivity index (χ1n) is 7.75. The summed E-state index contributed by atoms with van der Waals surface area (Å²) in [7, 11) is 2.86. The molecule has 3 heterocycles. The number of nitrogens with zero attached hydrogens (tertiary/aromatic N) is 5. The van der Waals surface area contributed by atoms with E-state index < -0.39 is 0 Å². The number of amidine groups is 2. The predicted octanol–water partition coefficient (Wildman–Crippen LogP) is 2.64.